The van der Waals surface area contributed by atoms with Crippen molar-refractivity contribution in [2.75, 3.05) is 4.95 Å². The van der Waals surface area contributed by atoms with Gasteiger partial charge in [-0.1, -0.05) is 15.9 Å². The lowest BCUT2D eigenvalue weighted by molar-refractivity contribution is -0.138. The van der Waals surface area contributed by atoms with E-state index in [4.69, 9.17) is 8.85 Å². The molecule has 0 amide bonds. The van der Waals surface area contributed by atoms with E-state index < -0.39 is 20.5 Å². The molecule has 0 fully saturated rings. The molecule has 0 saturated heterocycles. The molecule has 0 aliphatic carbocycles. The first-order chi connectivity index (χ1) is 5.39. The number of carbonyl (C=O) groups excluding carboxylic acids is 2. The second-order valence-electron chi connectivity index (χ2n) is 2.45. The Hall–Kier alpha value is -0.363. The number of carbonyl (C=O) groups is 2. The van der Waals surface area contributed by atoms with Crippen molar-refractivity contribution in [3.05, 3.63) is 0 Å². The third kappa shape index (κ3) is 4.50. The fourth-order valence-electron chi connectivity index (χ4n) is 0.683. The summed E-state index contributed by atoms with van der Waals surface area (Å²) in [6, 6.07) is 0. The highest BCUT2D eigenvalue weighted by atomic mass is 79.9. The molecule has 0 aliphatic rings. The summed E-state index contributed by atoms with van der Waals surface area (Å²) in [5.41, 5.74) is 0. The van der Waals surface area contributed by atoms with Crippen molar-refractivity contribution in [1.29, 1.82) is 0 Å². The lowest BCUT2D eigenvalue weighted by atomic mass is 10.9. The molecule has 0 heterocycles. The highest BCUT2D eigenvalue weighted by Gasteiger charge is 2.36. The van der Waals surface area contributed by atoms with Crippen LogP contribution in [-0.2, 0) is 18.4 Å². The molecule has 0 aromatic rings. The molecule has 6 heteroatoms. The maximum absolute atomic E-state index is 10.6. The Balaban J connectivity index is 4.23. The largest absolute Gasteiger partial charge is 0.485 e. The summed E-state index contributed by atoms with van der Waals surface area (Å²) in [7, 11) is -2.63. The van der Waals surface area contributed by atoms with Gasteiger partial charge < -0.3 is 8.85 Å². The van der Waals surface area contributed by atoms with Crippen molar-refractivity contribution in [3.63, 3.8) is 0 Å². The van der Waals surface area contributed by atoms with E-state index >= 15 is 0 Å². The smallest absolute Gasteiger partial charge is 0.471 e. The van der Waals surface area contributed by atoms with Crippen molar-refractivity contribution < 1.29 is 18.4 Å². The first-order valence-corrected chi connectivity index (χ1v) is 6.99. The maximum Gasteiger partial charge on any atom is 0.471 e. The Morgan fingerprint density at radius 3 is 1.75 bits per heavy atom. The number of halogens is 1. The predicted octanol–water partition coefficient (Wildman–Crippen LogP) is 1.12. The molecule has 12 heavy (non-hydrogen) atoms. The van der Waals surface area contributed by atoms with Crippen LogP contribution in [0.4, 0.5) is 0 Å². The molecular weight excluding hydrogens is 244 g/mol. The minimum atomic E-state index is -2.63. The molecule has 0 bridgehead atoms. The van der Waals surface area contributed by atoms with Gasteiger partial charge in [0.15, 0.2) is 0 Å². The van der Waals surface area contributed by atoms with Crippen LogP contribution in [0.3, 0.4) is 0 Å². The highest BCUT2D eigenvalue weighted by molar-refractivity contribution is 9.09. The SMILES string of the molecule is CC(=O)O[Si](C)(CBr)OC(C)=O. The van der Waals surface area contributed by atoms with E-state index in [1.54, 1.807) is 6.55 Å². The lowest BCUT2D eigenvalue weighted by Crippen LogP contribution is -2.44. The summed E-state index contributed by atoms with van der Waals surface area (Å²) < 4.78 is 9.82. The minimum absolute atomic E-state index is 0.388. The Kier molecular flexibility index (Phi) is 4.47. The van der Waals surface area contributed by atoms with E-state index in [1.807, 2.05) is 0 Å². The molecule has 0 N–H and O–H groups in total. The van der Waals surface area contributed by atoms with Crippen LogP contribution in [0.5, 0.6) is 0 Å². The fraction of sp³-hybridized carbons (Fsp3) is 0.667. The van der Waals surface area contributed by atoms with Crippen LogP contribution in [0.2, 0.25) is 6.55 Å². The number of hydrogen-bond acceptors (Lipinski definition) is 4. The van der Waals surface area contributed by atoms with Gasteiger partial charge in [0, 0.05) is 20.4 Å². The molecule has 70 valence electrons. The van der Waals surface area contributed by atoms with E-state index in [2.05, 4.69) is 15.9 Å². The first kappa shape index (κ1) is 11.6. The normalized spacial score (nSPS) is 10.7. The molecule has 0 aliphatic heterocycles. The van der Waals surface area contributed by atoms with Crippen molar-refractivity contribution in [3.8, 4) is 0 Å². The van der Waals surface area contributed by atoms with Gasteiger partial charge in [-0.2, -0.15) is 0 Å². The van der Waals surface area contributed by atoms with Crippen LogP contribution in [-0.4, -0.2) is 25.5 Å². The molecule has 0 radical (unpaired) electrons. The second kappa shape index (κ2) is 4.61. The zero-order chi connectivity index (χ0) is 9.78. The lowest BCUT2D eigenvalue weighted by Gasteiger charge is -2.22. The quantitative estimate of drug-likeness (QED) is 0.560. The number of rotatable bonds is 3. The Morgan fingerprint density at radius 1 is 1.25 bits per heavy atom. The van der Waals surface area contributed by atoms with Crippen LogP contribution >= 0.6 is 15.9 Å². The summed E-state index contributed by atoms with van der Waals surface area (Å²) in [5.74, 6) is -0.852. The van der Waals surface area contributed by atoms with Crippen LogP contribution in [0.1, 0.15) is 13.8 Å². The van der Waals surface area contributed by atoms with Crippen molar-refractivity contribution >= 4 is 36.4 Å². The van der Waals surface area contributed by atoms with E-state index in [1.165, 1.54) is 13.8 Å². The molecule has 0 aromatic carbocycles. The zero-order valence-electron chi connectivity index (χ0n) is 7.22. The topological polar surface area (TPSA) is 52.6 Å². The summed E-state index contributed by atoms with van der Waals surface area (Å²) in [6.07, 6.45) is 0. The third-order valence-corrected chi connectivity index (χ3v) is 5.94. The standard InChI is InChI=1S/C6H11BrO4Si/c1-5(8)10-12(3,4-7)11-6(2)9/h4H2,1-3H3. The van der Waals surface area contributed by atoms with E-state index in [0.717, 1.165) is 0 Å². The van der Waals surface area contributed by atoms with Gasteiger partial charge in [0.05, 0.1) is 4.95 Å². The van der Waals surface area contributed by atoms with Crippen LogP contribution in [0.25, 0.3) is 0 Å². The maximum atomic E-state index is 10.6. The molecule has 0 unspecified atom stereocenters. The van der Waals surface area contributed by atoms with Crippen molar-refractivity contribution in [2.24, 2.45) is 0 Å². The zero-order valence-corrected chi connectivity index (χ0v) is 9.80. The summed E-state index contributed by atoms with van der Waals surface area (Å²) in [4.78, 5) is 21.6. The predicted molar refractivity (Wildman–Crippen MR) is 48.9 cm³/mol. The van der Waals surface area contributed by atoms with Gasteiger partial charge in [0.2, 0.25) is 0 Å². The molecule has 0 rings (SSSR count). The first-order valence-electron chi connectivity index (χ1n) is 3.35. The molecular formula is C6H11BrO4Si. The van der Waals surface area contributed by atoms with Crippen molar-refractivity contribution in [2.45, 2.75) is 20.4 Å². The average molecular weight is 255 g/mol. The van der Waals surface area contributed by atoms with Gasteiger partial charge in [0.25, 0.3) is 11.9 Å². The van der Waals surface area contributed by atoms with Gasteiger partial charge in [-0.3, -0.25) is 9.59 Å². The number of alkyl halides is 1. The van der Waals surface area contributed by atoms with Gasteiger partial charge in [-0.25, -0.2) is 0 Å². The summed E-state index contributed by atoms with van der Waals surface area (Å²) >= 11 is 3.14. The van der Waals surface area contributed by atoms with Crippen LogP contribution < -0.4 is 0 Å². The van der Waals surface area contributed by atoms with Crippen LogP contribution in [0, 0.1) is 0 Å². The molecule has 4 nitrogen and oxygen atoms in total. The molecule has 0 aromatic heterocycles. The molecule has 0 atom stereocenters. The fourth-order valence-corrected chi connectivity index (χ4v) is 2.74. The van der Waals surface area contributed by atoms with E-state index in [-0.39, 0.29) is 0 Å². The minimum Gasteiger partial charge on any atom is -0.485 e. The van der Waals surface area contributed by atoms with Crippen LogP contribution in [0.15, 0.2) is 0 Å². The summed E-state index contributed by atoms with van der Waals surface area (Å²) in [6.45, 7) is 4.22. The van der Waals surface area contributed by atoms with E-state index in [9.17, 15) is 9.59 Å². The third-order valence-electron chi connectivity index (χ3n) is 0.962. The average Bonchev–Trinajstić information content (AvgIpc) is 1.83. The monoisotopic (exact) mass is 254 g/mol. The molecule has 0 saturated carbocycles. The second-order valence-corrected chi connectivity index (χ2v) is 7.08. The number of hydrogen-bond donors (Lipinski definition) is 0. The molecule has 0 spiro atoms. The Morgan fingerprint density at radius 2 is 1.58 bits per heavy atom. The van der Waals surface area contributed by atoms with Gasteiger partial charge in [-0.05, 0) is 0 Å². The Bertz CT molecular complexity index is 178. The van der Waals surface area contributed by atoms with Gasteiger partial charge >= 0.3 is 8.56 Å². The Labute approximate surface area is 80.6 Å². The van der Waals surface area contributed by atoms with Gasteiger partial charge in [0.1, 0.15) is 0 Å². The van der Waals surface area contributed by atoms with Gasteiger partial charge in [-0.15, -0.1) is 0 Å². The summed E-state index contributed by atoms with van der Waals surface area (Å²) in [5, 5.41) is 0. The van der Waals surface area contributed by atoms with E-state index in [0.29, 0.717) is 4.95 Å². The van der Waals surface area contributed by atoms with Crippen molar-refractivity contribution in [1.82, 2.24) is 0 Å². The highest BCUT2D eigenvalue weighted by Crippen LogP contribution is 2.10.